The molecule has 0 fully saturated rings. The summed E-state index contributed by atoms with van der Waals surface area (Å²) in [6, 6.07) is 3.38. The Morgan fingerprint density at radius 3 is 2.55 bits per heavy atom. The summed E-state index contributed by atoms with van der Waals surface area (Å²) in [7, 11) is 1.49. The molecule has 1 aromatic rings. The molecular formula is C13H18ClFN2O3. The van der Waals surface area contributed by atoms with Gasteiger partial charge in [0, 0.05) is 24.0 Å². The summed E-state index contributed by atoms with van der Waals surface area (Å²) in [4.78, 5) is 13.2. The molecule has 0 aromatic heterocycles. The predicted molar refractivity (Wildman–Crippen MR) is 75.3 cm³/mol. The van der Waals surface area contributed by atoms with Crippen molar-refractivity contribution < 1.29 is 19.4 Å². The van der Waals surface area contributed by atoms with E-state index in [1.165, 1.54) is 24.1 Å². The van der Waals surface area contributed by atoms with E-state index >= 15 is 0 Å². The van der Waals surface area contributed by atoms with Crippen molar-refractivity contribution in [2.75, 3.05) is 32.1 Å². The summed E-state index contributed by atoms with van der Waals surface area (Å²) in [5, 5.41) is 21.0. The van der Waals surface area contributed by atoms with Crippen molar-refractivity contribution in [1.29, 1.82) is 0 Å². The van der Waals surface area contributed by atoms with Gasteiger partial charge in [0.2, 0.25) is 0 Å². The second-order valence-corrected chi connectivity index (χ2v) is 5.47. The highest BCUT2D eigenvalue weighted by Crippen LogP contribution is 2.20. The number of anilines is 1. The number of nitrogens with one attached hydrogen (secondary N) is 1. The topological polar surface area (TPSA) is 72.8 Å². The second kappa shape index (κ2) is 6.88. The van der Waals surface area contributed by atoms with E-state index < -0.39 is 17.3 Å². The number of hydrogen-bond donors (Lipinski definition) is 3. The number of aliphatic hydroxyl groups is 2. The van der Waals surface area contributed by atoms with E-state index in [1.807, 2.05) is 0 Å². The highest BCUT2D eigenvalue weighted by Gasteiger charge is 2.26. The maximum absolute atomic E-state index is 13.5. The number of aliphatic hydroxyl groups excluding tert-OH is 2. The first-order chi connectivity index (χ1) is 9.31. The molecule has 0 atom stereocenters. The van der Waals surface area contributed by atoms with Crippen LogP contribution >= 0.6 is 11.6 Å². The van der Waals surface area contributed by atoms with Gasteiger partial charge in [0.05, 0.1) is 18.9 Å². The zero-order valence-electron chi connectivity index (χ0n) is 11.4. The number of carbonyl (C=O) groups excluding carboxylic acids is 1. The fourth-order valence-corrected chi connectivity index (χ4v) is 1.75. The molecule has 0 unspecified atom stereocenters. The molecule has 1 rings (SSSR count). The molecule has 0 aliphatic carbocycles. The van der Waals surface area contributed by atoms with E-state index in [0.29, 0.717) is 0 Å². The van der Waals surface area contributed by atoms with Crippen molar-refractivity contribution >= 4 is 23.3 Å². The standard InChI is InChI=1S/C13H18ClFN2O3/c1-13(7-18,8-19)6-17(2)12(20)16-11-4-3-9(14)5-10(11)15/h3-5,18-19H,6-8H2,1-2H3,(H,16,20). The van der Waals surface area contributed by atoms with Gasteiger partial charge >= 0.3 is 6.03 Å². The Morgan fingerprint density at radius 2 is 2.05 bits per heavy atom. The first-order valence-electron chi connectivity index (χ1n) is 6.00. The third-order valence-electron chi connectivity index (χ3n) is 2.90. The summed E-state index contributed by atoms with van der Waals surface area (Å²) in [5.41, 5.74) is -0.800. The minimum absolute atomic E-state index is 0.0148. The van der Waals surface area contributed by atoms with Crippen LogP contribution in [0.5, 0.6) is 0 Å². The van der Waals surface area contributed by atoms with Crippen molar-refractivity contribution in [1.82, 2.24) is 4.90 Å². The van der Waals surface area contributed by atoms with Crippen LogP contribution in [-0.4, -0.2) is 48.0 Å². The van der Waals surface area contributed by atoms with Gasteiger partial charge < -0.3 is 20.4 Å². The van der Waals surface area contributed by atoms with E-state index in [2.05, 4.69) is 5.32 Å². The van der Waals surface area contributed by atoms with Gasteiger partial charge in [0.1, 0.15) is 5.82 Å². The molecule has 0 heterocycles. The van der Waals surface area contributed by atoms with Gasteiger partial charge in [0.25, 0.3) is 0 Å². The number of amides is 2. The van der Waals surface area contributed by atoms with Crippen molar-refractivity contribution in [2.24, 2.45) is 5.41 Å². The summed E-state index contributed by atoms with van der Waals surface area (Å²) in [6.07, 6.45) is 0. The Labute approximate surface area is 122 Å². The van der Waals surface area contributed by atoms with Gasteiger partial charge in [0.15, 0.2) is 0 Å². The van der Waals surface area contributed by atoms with Crippen LogP contribution in [0.2, 0.25) is 5.02 Å². The van der Waals surface area contributed by atoms with Gasteiger partial charge in [-0.05, 0) is 18.2 Å². The second-order valence-electron chi connectivity index (χ2n) is 5.04. The molecule has 112 valence electrons. The molecule has 7 heteroatoms. The number of urea groups is 1. The minimum atomic E-state index is -0.815. The molecule has 0 aliphatic rings. The van der Waals surface area contributed by atoms with Crippen LogP contribution in [-0.2, 0) is 0 Å². The van der Waals surface area contributed by atoms with E-state index in [-0.39, 0.29) is 30.5 Å². The maximum atomic E-state index is 13.5. The van der Waals surface area contributed by atoms with E-state index in [0.717, 1.165) is 6.07 Å². The van der Waals surface area contributed by atoms with Gasteiger partial charge in [-0.2, -0.15) is 0 Å². The highest BCUT2D eigenvalue weighted by molar-refractivity contribution is 6.30. The smallest absolute Gasteiger partial charge is 0.321 e. The molecule has 0 saturated carbocycles. The predicted octanol–water partition coefficient (Wildman–Crippen LogP) is 1.93. The van der Waals surface area contributed by atoms with Crippen LogP contribution in [0.4, 0.5) is 14.9 Å². The van der Waals surface area contributed by atoms with Crippen molar-refractivity contribution in [2.45, 2.75) is 6.92 Å². The van der Waals surface area contributed by atoms with Crippen molar-refractivity contribution in [3.63, 3.8) is 0 Å². The lowest BCUT2D eigenvalue weighted by Gasteiger charge is -2.30. The van der Waals surface area contributed by atoms with Gasteiger partial charge in [-0.1, -0.05) is 18.5 Å². The normalized spacial score (nSPS) is 11.3. The van der Waals surface area contributed by atoms with E-state index in [1.54, 1.807) is 6.92 Å². The van der Waals surface area contributed by atoms with Crippen LogP contribution in [0.25, 0.3) is 0 Å². The summed E-state index contributed by atoms with van der Waals surface area (Å²) >= 11 is 5.62. The Kier molecular flexibility index (Phi) is 5.74. The van der Waals surface area contributed by atoms with Crippen LogP contribution < -0.4 is 5.32 Å². The monoisotopic (exact) mass is 304 g/mol. The Balaban J connectivity index is 2.71. The van der Waals surface area contributed by atoms with Crippen molar-refractivity contribution in [3.8, 4) is 0 Å². The highest BCUT2D eigenvalue weighted by atomic mass is 35.5. The summed E-state index contributed by atoms with van der Waals surface area (Å²) in [5.74, 6) is -0.633. The average molecular weight is 305 g/mol. The molecule has 3 N–H and O–H groups in total. The fourth-order valence-electron chi connectivity index (χ4n) is 1.60. The first-order valence-corrected chi connectivity index (χ1v) is 6.38. The number of hydrogen-bond acceptors (Lipinski definition) is 3. The van der Waals surface area contributed by atoms with Crippen LogP contribution in [0, 0.1) is 11.2 Å². The van der Waals surface area contributed by atoms with Gasteiger partial charge in [-0.25, -0.2) is 9.18 Å². The number of benzene rings is 1. The quantitative estimate of drug-likeness (QED) is 0.778. The van der Waals surface area contributed by atoms with Gasteiger partial charge in [-0.15, -0.1) is 0 Å². The Bertz CT molecular complexity index is 481. The molecule has 5 nitrogen and oxygen atoms in total. The van der Waals surface area contributed by atoms with Crippen LogP contribution in [0.3, 0.4) is 0 Å². The Hall–Kier alpha value is -1.37. The zero-order valence-corrected chi connectivity index (χ0v) is 12.1. The molecule has 1 aromatic carbocycles. The molecule has 0 saturated heterocycles. The van der Waals surface area contributed by atoms with Gasteiger partial charge in [-0.3, -0.25) is 0 Å². The third-order valence-corrected chi connectivity index (χ3v) is 3.14. The molecule has 20 heavy (non-hydrogen) atoms. The molecule has 2 amide bonds. The first kappa shape index (κ1) is 16.7. The number of nitrogens with zero attached hydrogens (tertiary/aromatic N) is 1. The molecule has 0 bridgehead atoms. The fraction of sp³-hybridized carbons (Fsp3) is 0.462. The molecule has 0 aliphatic heterocycles. The Morgan fingerprint density at radius 1 is 1.45 bits per heavy atom. The third kappa shape index (κ3) is 4.33. The van der Waals surface area contributed by atoms with E-state index in [9.17, 15) is 19.4 Å². The summed E-state index contributed by atoms with van der Waals surface area (Å²) in [6.45, 7) is 1.23. The lowest BCUT2D eigenvalue weighted by Crippen LogP contribution is -2.43. The average Bonchev–Trinajstić information content (AvgIpc) is 2.41. The SMILES string of the molecule is CN(CC(C)(CO)CO)C(=O)Nc1ccc(Cl)cc1F. The van der Waals surface area contributed by atoms with Crippen molar-refractivity contribution in [3.05, 3.63) is 29.0 Å². The molecule has 0 spiro atoms. The molecule has 0 radical (unpaired) electrons. The summed E-state index contributed by atoms with van der Waals surface area (Å²) < 4.78 is 13.5. The number of rotatable bonds is 5. The number of halogens is 2. The van der Waals surface area contributed by atoms with Crippen LogP contribution in [0.15, 0.2) is 18.2 Å². The van der Waals surface area contributed by atoms with E-state index in [4.69, 9.17) is 11.6 Å². The lowest BCUT2D eigenvalue weighted by atomic mass is 9.92. The maximum Gasteiger partial charge on any atom is 0.321 e. The molecular weight excluding hydrogens is 287 g/mol. The lowest BCUT2D eigenvalue weighted by molar-refractivity contribution is 0.0509. The van der Waals surface area contributed by atoms with Crippen LogP contribution in [0.1, 0.15) is 6.92 Å². The minimum Gasteiger partial charge on any atom is -0.396 e. The zero-order chi connectivity index (χ0) is 15.3. The number of carbonyl (C=O) groups is 1. The largest absolute Gasteiger partial charge is 0.396 e.